The topological polar surface area (TPSA) is 51.6 Å². The molecule has 5 heteroatoms. The Labute approximate surface area is 88.5 Å². The van der Waals surface area contributed by atoms with Gasteiger partial charge in [0, 0.05) is 5.56 Å². The van der Waals surface area contributed by atoms with E-state index in [0.717, 1.165) is 15.0 Å². The molecule has 0 atom stereocenters. The molecule has 2 aromatic rings. The Bertz CT molecular complexity index is 404. The number of benzene rings is 1. The van der Waals surface area contributed by atoms with Gasteiger partial charge in [0.1, 0.15) is 5.69 Å². The Morgan fingerprint density at radius 1 is 0.923 bits per heavy atom. The molecule has 0 saturated carbocycles. The van der Waals surface area contributed by atoms with Crippen molar-refractivity contribution in [3.05, 3.63) is 34.0 Å². The number of rotatable bonds is 1. The number of nitrogens with zero attached hydrogens (tertiary/aromatic N) is 4. The van der Waals surface area contributed by atoms with E-state index < -0.39 is 0 Å². The average Bonchev–Trinajstić information content (AvgIpc) is 2.20. The van der Waals surface area contributed by atoms with Crippen molar-refractivity contribution in [2.24, 2.45) is 0 Å². The van der Waals surface area contributed by atoms with E-state index in [1.165, 1.54) is 0 Å². The van der Waals surface area contributed by atoms with Crippen LogP contribution in [0.5, 0.6) is 0 Å². The molecule has 0 saturated heterocycles. The molecule has 2 rings (SSSR count). The summed E-state index contributed by atoms with van der Waals surface area (Å²) in [6, 6.07) is 9.79. The minimum atomic E-state index is 0.763. The van der Waals surface area contributed by atoms with Crippen molar-refractivity contribution in [1.82, 2.24) is 20.6 Å². The van der Waals surface area contributed by atoms with Gasteiger partial charge in [-0.15, -0.1) is 10.2 Å². The zero-order valence-corrected chi connectivity index (χ0v) is 8.71. The molecular formula is C8H5IN4. The van der Waals surface area contributed by atoms with Crippen LogP contribution in [0.4, 0.5) is 0 Å². The molecule has 13 heavy (non-hydrogen) atoms. The largest absolute Gasteiger partial charge is 0.153 e. The third-order valence-corrected chi connectivity index (χ3v) is 2.29. The third kappa shape index (κ3) is 1.80. The van der Waals surface area contributed by atoms with Gasteiger partial charge in [-0.25, -0.2) is 0 Å². The Hall–Kier alpha value is -1.11. The van der Waals surface area contributed by atoms with Gasteiger partial charge in [-0.2, -0.15) is 0 Å². The van der Waals surface area contributed by atoms with Gasteiger partial charge in [-0.05, 0) is 33.0 Å². The molecule has 0 fully saturated rings. The molecule has 64 valence electrons. The monoisotopic (exact) mass is 284 g/mol. The maximum Gasteiger partial charge on any atom is 0.153 e. The molecule has 0 N–H and O–H groups in total. The van der Waals surface area contributed by atoms with Crippen molar-refractivity contribution in [1.29, 1.82) is 0 Å². The van der Waals surface area contributed by atoms with Crippen molar-refractivity contribution in [3.8, 4) is 11.3 Å². The van der Waals surface area contributed by atoms with E-state index in [1.54, 1.807) is 0 Å². The molecule has 0 aliphatic heterocycles. The zero-order valence-electron chi connectivity index (χ0n) is 6.55. The molecule has 0 unspecified atom stereocenters. The van der Waals surface area contributed by atoms with E-state index in [9.17, 15) is 0 Å². The highest BCUT2D eigenvalue weighted by atomic mass is 127. The first kappa shape index (κ1) is 8.49. The standard InChI is InChI=1S/C8H5IN4/c9-8-7(10-12-13-11-8)6-4-2-1-3-5-6/h1-5H. The van der Waals surface area contributed by atoms with E-state index in [0.29, 0.717) is 0 Å². The Balaban J connectivity index is 2.54. The fourth-order valence-electron chi connectivity index (χ4n) is 0.985. The summed E-state index contributed by atoms with van der Waals surface area (Å²) < 4.78 is 0.763. The maximum atomic E-state index is 3.92. The predicted octanol–water partition coefficient (Wildman–Crippen LogP) is 1.54. The summed E-state index contributed by atoms with van der Waals surface area (Å²) in [5, 5.41) is 14.7. The Kier molecular flexibility index (Phi) is 2.44. The molecule has 0 radical (unpaired) electrons. The highest BCUT2D eigenvalue weighted by Gasteiger charge is 2.04. The molecule has 1 aromatic carbocycles. The fraction of sp³-hybridized carbons (Fsp3) is 0. The van der Waals surface area contributed by atoms with Crippen LogP contribution in [-0.4, -0.2) is 20.6 Å². The van der Waals surface area contributed by atoms with Gasteiger partial charge < -0.3 is 0 Å². The zero-order chi connectivity index (χ0) is 9.10. The smallest absolute Gasteiger partial charge is 0.126 e. The summed E-state index contributed by atoms with van der Waals surface area (Å²) in [6.45, 7) is 0. The first-order valence-electron chi connectivity index (χ1n) is 3.65. The number of hydrogen-bond donors (Lipinski definition) is 0. The molecule has 0 amide bonds. The van der Waals surface area contributed by atoms with Gasteiger partial charge in [0.25, 0.3) is 0 Å². The predicted molar refractivity (Wildman–Crippen MR) is 55.8 cm³/mol. The van der Waals surface area contributed by atoms with Crippen molar-refractivity contribution < 1.29 is 0 Å². The van der Waals surface area contributed by atoms with E-state index in [4.69, 9.17) is 0 Å². The third-order valence-electron chi connectivity index (χ3n) is 1.56. The molecule has 0 bridgehead atoms. The van der Waals surface area contributed by atoms with Gasteiger partial charge >= 0.3 is 0 Å². The summed E-state index contributed by atoms with van der Waals surface area (Å²) in [7, 11) is 0. The summed E-state index contributed by atoms with van der Waals surface area (Å²) >= 11 is 2.09. The van der Waals surface area contributed by atoms with Crippen molar-refractivity contribution in [3.63, 3.8) is 0 Å². The van der Waals surface area contributed by atoms with Crippen molar-refractivity contribution in [2.45, 2.75) is 0 Å². The first-order chi connectivity index (χ1) is 6.38. The normalized spacial score (nSPS) is 9.92. The minimum Gasteiger partial charge on any atom is -0.126 e. The molecule has 0 aliphatic rings. The van der Waals surface area contributed by atoms with Gasteiger partial charge in [-0.1, -0.05) is 30.3 Å². The van der Waals surface area contributed by atoms with E-state index in [2.05, 4.69) is 43.2 Å². The number of halogens is 1. The summed E-state index contributed by atoms with van der Waals surface area (Å²) in [5.41, 5.74) is 1.78. The quantitative estimate of drug-likeness (QED) is 0.745. The van der Waals surface area contributed by atoms with Crippen molar-refractivity contribution >= 4 is 22.6 Å². The SMILES string of the molecule is Ic1nnnnc1-c1ccccc1. The first-order valence-corrected chi connectivity index (χ1v) is 4.73. The van der Waals surface area contributed by atoms with Gasteiger partial charge in [-0.3, -0.25) is 0 Å². The summed E-state index contributed by atoms with van der Waals surface area (Å²) in [5.74, 6) is 0. The fourth-order valence-corrected chi connectivity index (χ4v) is 1.50. The molecule has 1 heterocycles. The van der Waals surface area contributed by atoms with Gasteiger partial charge in [0.15, 0.2) is 3.70 Å². The summed E-state index contributed by atoms with van der Waals surface area (Å²) in [4.78, 5) is 0. The molecule has 0 spiro atoms. The van der Waals surface area contributed by atoms with Crippen LogP contribution >= 0.6 is 22.6 Å². The van der Waals surface area contributed by atoms with Gasteiger partial charge in [0.2, 0.25) is 0 Å². The highest BCUT2D eigenvalue weighted by Crippen LogP contribution is 2.18. The molecule has 0 aliphatic carbocycles. The Morgan fingerprint density at radius 3 is 2.31 bits per heavy atom. The van der Waals surface area contributed by atoms with Crippen LogP contribution in [0.15, 0.2) is 30.3 Å². The number of aromatic nitrogens is 4. The Morgan fingerprint density at radius 2 is 1.62 bits per heavy atom. The average molecular weight is 284 g/mol. The second-order valence-corrected chi connectivity index (χ2v) is 3.41. The van der Waals surface area contributed by atoms with E-state index in [1.807, 2.05) is 30.3 Å². The lowest BCUT2D eigenvalue weighted by molar-refractivity contribution is 0.753. The molecule has 1 aromatic heterocycles. The van der Waals surface area contributed by atoms with E-state index in [-0.39, 0.29) is 0 Å². The van der Waals surface area contributed by atoms with Crippen LogP contribution in [0.3, 0.4) is 0 Å². The molecule has 4 nitrogen and oxygen atoms in total. The lowest BCUT2D eigenvalue weighted by Gasteiger charge is -1.98. The van der Waals surface area contributed by atoms with Crippen LogP contribution in [0.2, 0.25) is 0 Å². The maximum absolute atomic E-state index is 3.92. The number of hydrogen-bond acceptors (Lipinski definition) is 4. The van der Waals surface area contributed by atoms with Crippen LogP contribution in [0.25, 0.3) is 11.3 Å². The minimum absolute atomic E-state index is 0.763. The second-order valence-electron chi connectivity index (χ2n) is 2.38. The van der Waals surface area contributed by atoms with E-state index >= 15 is 0 Å². The van der Waals surface area contributed by atoms with Crippen LogP contribution in [0, 0.1) is 3.70 Å². The lowest BCUT2D eigenvalue weighted by Crippen LogP contribution is -1.98. The van der Waals surface area contributed by atoms with Gasteiger partial charge in [0.05, 0.1) is 0 Å². The second kappa shape index (κ2) is 3.73. The molecular weight excluding hydrogens is 279 g/mol. The van der Waals surface area contributed by atoms with Crippen LogP contribution < -0.4 is 0 Å². The van der Waals surface area contributed by atoms with Crippen LogP contribution in [0.1, 0.15) is 0 Å². The van der Waals surface area contributed by atoms with Crippen LogP contribution in [-0.2, 0) is 0 Å². The highest BCUT2D eigenvalue weighted by molar-refractivity contribution is 14.1. The van der Waals surface area contributed by atoms with Crippen molar-refractivity contribution in [2.75, 3.05) is 0 Å². The summed E-state index contributed by atoms with van der Waals surface area (Å²) in [6.07, 6.45) is 0. The lowest BCUT2D eigenvalue weighted by atomic mass is 10.2.